The van der Waals surface area contributed by atoms with Crippen molar-refractivity contribution < 1.29 is 29.0 Å². The molecule has 0 aromatic rings. The zero-order valence-electron chi connectivity index (χ0n) is 11.2. The van der Waals surface area contributed by atoms with Crippen LogP contribution in [-0.2, 0) is 23.9 Å². The molecule has 0 saturated carbocycles. The van der Waals surface area contributed by atoms with E-state index in [1.807, 2.05) is 0 Å². The quantitative estimate of drug-likeness (QED) is 0.674. The van der Waals surface area contributed by atoms with Gasteiger partial charge in [-0.3, -0.25) is 14.4 Å². The number of amides is 1. The van der Waals surface area contributed by atoms with E-state index in [0.29, 0.717) is 0 Å². The van der Waals surface area contributed by atoms with E-state index in [1.165, 1.54) is 0 Å². The summed E-state index contributed by atoms with van der Waals surface area (Å²) in [5, 5.41) is 10.3. The first-order valence-electron chi connectivity index (χ1n) is 6.27. The van der Waals surface area contributed by atoms with Crippen molar-refractivity contribution in [1.82, 2.24) is 4.90 Å². The molecule has 0 aliphatic carbocycles. The SMILES string of the molecule is CCOC(=O)CN1C(=O)CCC1(O)CC(=O)OCC. The molecule has 108 valence electrons. The molecule has 1 fully saturated rings. The molecule has 0 aromatic heterocycles. The summed E-state index contributed by atoms with van der Waals surface area (Å²) in [7, 11) is 0. The number of aliphatic hydroxyl groups is 1. The Hall–Kier alpha value is -1.63. The minimum Gasteiger partial charge on any atom is -0.466 e. The molecule has 0 aromatic carbocycles. The van der Waals surface area contributed by atoms with E-state index in [2.05, 4.69) is 0 Å². The van der Waals surface area contributed by atoms with Gasteiger partial charge in [-0.15, -0.1) is 0 Å². The second-order valence-electron chi connectivity index (χ2n) is 4.25. The summed E-state index contributed by atoms with van der Waals surface area (Å²) >= 11 is 0. The average molecular weight is 273 g/mol. The largest absolute Gasteiger partial charge is 0.466 e. The third-order valence-corrected chi connectivity index (χ3v) is 2.87. The van der Waals surface area contributed by atoms with Gasteiger partial charge in [-0.25, -0.2) is 0 Å². The van der Waals surface area contributed by atoms with Crippen molar-refractivity contribution in [2.45, 2.75) is 38.8 Å². The Morgan fingerprint density at radius 2 is 1.84 bits per heavy atom. The summed E-state index contributed by atoms with van der Waals surface area (Å²) in [5.41, 5.74) is -1.66. The van der Waals surface area contributed by atoms with Crippen LogP contribution in [-0.4, -0.2) is 53.3 Å². The number of rotatable bonds is 6. The number of hydrogen-bond donors (Lipinski definition) is 1. The fraction of sp³-hybridized carbons (Fsp3) is 0.750. The van der Waals surface area contributed by atoms with Crippen LogP contribution < -0.4 is 0 Å². The van der Waals surface area contributed by atoms with Gasteiger partial charge in [0.2, 0.25) is 5.91 Å². The standard InChI is InChI=1S/C12H19NO6/c1-3-18-10(15)7-12(17)6-5-9(14)13(12)8-11(16)19-4-2/h17H,3-8H2,1-2H3. The van der Waals surface area contributed by atoms with Crippen LogP contribution in [0.1, 0.15) is 33.1 Å². The van der Waals surface area contributed by atoms with Crippen molar-refractivity contribution >= 4 is 17.8 Å². The number of carbonyl (C=O) groups is 3. The molecule has 0 radical (unpaired) electrons. The Morgan fingerprint density at radius 1 is 1.26 bits per heavy atom. The van der Waals surface area contributed by atoms with Gasteiger partial charge in [0.1, 0.15) is 6.54 Å². The van der Waals surface area contributed by atoms with Gasteiger partial charge in [-0.2, -0.15) is 0 Å². The van der Waals surface area contributed by atoms with Crippen LogP contribution in [0.4, 0.5) is 0 Å². The number of ether oxygens (including phenoxy) is 2. The minimum atomic E-state index is -1.66. The lowest BCUT2D eigenvalue weighted by Gasteiger charge is -2.32. The van der Waals surface area contributed by atoms with E-state index < -0.39 is 17.7 Å². The van der Waals surface area contributed by atoms with Crippen LogP contribution in [0.15, 0.2) is 0 Å². The molecule has 1 aliphatic heterocycles. The number of likely N-dealkylation sites (tertiary alicyclic amines) is 1. The molecule has 1 atom stereocenters. The second kappa shape index (κ2) is 6.51. The smallest absolute Gasteiger partial charge is 0.325 e. The fourth-order valence-corrected chi connectivity index (χ4v) is 2.01. The van der Waals surface area contributed by atoms with Crippen molar-refractivity contribution in [2.24, 2.45) is 0 Å². The van der Waals surface area contributed by atoms with E-state index in [9.17, 15) is 19.5 Å². The van der Waals surface area contributed by atoms with Gasteiger partial charge in [0.25, 0.3) is 0 Å². The highest BCUT2D eigenvalue weighted by Gasteiger charge is 2.46. The molecule has 7 heteroatoms. The first-order chi connectivity index (χ1) is 8.92. The van der Waals surface area contributed by atoms with E-state index in [-0.39, 0.29) is 44.9 Å². The summed E-state index contributed by atoms with van der Waals surface area (Å²) in [5.74, 6) is -1.59. The number of hydrogen-bond acceptors (Lipinski definition) is 6. The molecular weight excluding hydrogens is 254 g/mol. The third-order valence-electron chi connectivity index (χ3n) is 2.87. The maximum atomic E-state index is 11.7. The third kappa shape index (κ3) is 3.92. The van der Waals surface area contributed by atoms with Gasteiger partial charge in [0.15, 0.2) is 5.72 Å². The van der Waals surface area contributed by atoms with Gasteiger partial charge in [-0.05, 0) is 13.8 Å². The molecule has 1 unspecified atom stereocenters. The Morgan fingerprint density at radius 3 is 2.42 bits per heavy atom. The molecular formula is C12H19NO6. The summed E-state index contributed by atoms with van der Waals surface area (Å²) in [4.78, 5) is 35.5. The Labute approximate surface area is 111 Å². The second-order valence-corrected chi connectivity index (χ2v) is 4.25. The number of esters is 2. The summed E-state index contributed by atoms with van der Waals surface area (Å²) in [6, 6.07) is 0. The molecule has 0 spiro atoms. The summed E-state index contributed by atoms with van der Waals surface area (Å²) < 4.78 is 9.49. The van der Waals surface area contributed by atoms with E-state index in [0.717, 1.165) is 4.90 Å². The van der Waals surface area contributed by atoms with Gasteiger partial charge in [-0.1, -0.05) is 0 Å². The van der Waals surface area contributed by atoms with Crippen molar-refractivity contribution in [1.29, 1.82) is 0 Å². The fourth-order valence-electron chi connectivity index (χ4n) is 2.01. The number of carbonyl (C=O) groups excluding carboxylic acids is 3. The van der Waals surface area contributed by atoms with E-state index >= 15 is 0 Å². The molecule has 7 nitrogen and oxygen atoms in total. The number of nitrogens with zero attached hydrogens (tertiary/aromatic N) is 1. The van der Waals surface area contributed by atoms with E-state index in [4.69, 9.17) is 9.47 Å². The van der Waals surface area contributed by atoms with Gasteiger partial charge >= 0.3 is 11.9 Å². The zero-order chi connectivity index (χ0) is 14.5. The molecule has 1 aliphatic rings. The van der Waals surface area contributed by atoms with Crippen molar-refractivity contribution in [3.8, 4) is 0 Å². The molecule has 1 rings (SSSR count). The Bertz CT molecular complexity index is 369. The van der Waals surface area contributed by atoms with Crippen molar-refractivity contribution in [3.63, 3.8) is 0 Å². The molecule has 0 bridgehead atoms. The zero-order valence-corrected chi connectivity index (χ0v) is 11.2. The highest BCUT2D eigenvalue weighted by atomic mass is 16.5. The van der Waals surface area contributed by atoms with Gasteiger partial charge in [0, 0.05) is 12.8 Å². The lowest BCUT2D eigenvalue weighted by Crippen LogP contribution is -2.49. The Kier molecular flexibility index (Phi) is 5.29. The molecule has 1 amide bonds. The lowest BCUT2D eigenvalue weighted by molar-refractivity contribution is -0.169. The lowest BCUT2D eigenvalue weighted by atomic mass is 10.1. The predicted molar refractivity (Wildman–Crippen MR) is 63.8 cm³/mol. The Balaban J connectivity index is 2.71. The monoisotopic (exact) mass is 273 g/mol. The highest BCUT2D eigenvalue weighted by molar-refractivity contribution is 5.85. The maximum absolute atomic E-state index is 11.7. The summed E-state index contributed by atoms with van der Waals surface area (Å²) in [6.45, 7) is 3.33. The van der Waals surface area contributed by atoms with Crippen LogP contribution in [0.2, 0.25) is 0 Å². The topological polar surface area (TPSA) is 93.1 Å². The minimum absolute atomic E-state index is 0.0926. The predicted octanol–water partition coefficient (Wildman–Crippen LogP) is -0.186. The average Bonchev–Trinajstić information content (AvgIpc) is 2.58. The first-order valence-corrected chi connectivity index (χ1v) is 6.27. The van der Waals surface area contributed by atoms with Gasteiger partial charge in [0.05, 0.1) is 19.6 Å². The maximum Gasteiger partial charge on any atom is 0.325 e. The normalized spacial score (nSPS) is 22.5. The van der Waals surface area contributed by atoms with Crippen LogP contribution in [0.5, 0.6) is 0 Å². The van der Waals surface area contributed by atoms with Crippen molar-refractivity contribution in [2.75, 3.05) is 19.8 Å². The highest BCUT2D eigenvalue weighted by Crippen LogP contribution is 2.31. The summed E-state index contributed by atoms with van der Waals surface area (Å²) in [6.07, 6.45) is -0.147. The van der Waals surface area contributed by atoms with Crippen LogP contribution in [0.3, 0.4) is 0 Å². The molecule has 1 saturated heterocycles. The van der Waals surface area contributed by atoms with Crippen LogP contribution in [0.25, 0.3) is 0 Å². The van der Waals surface area contributed by atoms with E-state index in [1.54, 1.807) is 13.8 Å². The van der Waals surface area contributed by atoms with Crippen molar-refractivity contribution in [3.05, 3.63) is 0 Å². The van der Waals surface area contributed by atoms with Crippen LogP contribution in [0, 0.1) is 0 Å². The van der Waals surface area contributed by atoms with Crippen LogP contribution >= 0.6 is 0 Å². The van der Waals surface area contributed by atoms with Gasteiger partial charge < -0.3 is 19.5 Å². The molecule has 1 heterocycles. The molecule has 1 N–H and O–H groups in total. The molecule has 19 heavy (non-hydrogen) atoms. The first kappa shape index (κ1) is 15.4.